The molecule has 1 aliphatic heterocycles. The zero-order valence-electron chi connectivity index (χ0n) is 14.1. The molecule has 1 fully saturated rings. The van der Waals surface area contributed by atoms with Gasteiger partial charge in [0, 0.05) is 18.9 Å². The van der Waals surface area contributed by atoms with Crippen LogP contribution in [0.2, 0.25) is 0 Å². The molecule has 0 bridgehead atoms. The van der Waals surface area contributed by atoms with E-state index in [4.69, 9.17) is 9.47 Å². The summed E-state index contributed by atoms with van der Waals surface area (Å²) in [6.45, 7) is 1.10. The van der Waals surface area contributed by atoms with Crippen molar-refractivity contribution in [2.75, 3.05) is 25.6 Å². The molecule has 0 radical (unpaired) electrons. The van der Waals surface area contributed by atoms with Gasteiger partial charge in [-0.2, -0.15) is 5.26 Å². The average Bonchev–Trinajstić information content (AvgIpc) is 2.69. The van der Waals surface area contributed by atoms with E-state index < -0.39 is 5.41 Å². The lowest BCUT2D eigenvalue weighted by Gasteiger charge is -2.36. The predicted molar refractivity (Wildman–Crippen MR) is 94.5 cm³/mol. The number of carbonyl (C=O) groups is 1. The molecule has 25 heavy (non-hydrogen) atoms. The smallest absolute Gasteiger partial charge is 0.235 e. The van der Waals surface area contributed by atoms with Crippen molar-refractivity contribution in [3.63, 3.8) is 0 Å². The number of carbonyl (C=O) groups excluding carboxylic acids is 1. The number of hydrogen-bond donors (Lipinski definition) is 1. The van der Waals surface area contributed by atoms with Crippen LogP contribution in [0.25, 0.3) is 0 Å². The first-order chi connectivity index (χ1) is 12.2. The minimum Gasteiger partial charge on any atom is -0.495 e. The van der Waals surface area contributed by atoms with Crippen molar-refractivity contribution in [2.24, 2.45) is 0 Å². The first-order valence-electron chi connectivity index (χ1n) is 8.22. The van der Waals surface area contributed by atoms with Gasteiger partial charge in [-0.3, -0.25) is 4.79 Å². The van der Waals surface area contributed by atoms with Crippen molar-refractivity contribution < 1.29 is 14.3 Å². The van der Waals surface area contributed by atoms with E-state index in [1.807, 2.05) is 30.3 Å². The molecule has 3 rings (SSSR count). The van der Waals surface area contributed by atoms with E-state index in [-0.39, 0.29) is 5.91 Å². The van der Waals surface area contributed by atoms with Crippen LogP contribution in [0.4, 0.5) is 5.69 Å². The van der Waals surface area contributed by atoms with E-state index in [2.05, 4.69) is 11.4 Å². The van der Waals surface area contributed by atoms with Gasteiger partial charge >= 0.3 is 0 Å². The van der Waals surface area contributed by atoms with Gasteiger partial charge in [0.05, 0.1) is 18.1 Å². The maximum Gasteiger partial charge on any atom is 0.235 e. The predicted octanol–water partition coefficient (Wildman–Crippen LogP) is 3.25. The van der Waals surface area contributed by atoms with Crippen LogP contribution in [-0.4, -0.2) is 26.2 Å². The SMILES string of the molecule is COc1ccc(NC(=O)C2(c3ccccc3)CCOCC2)cc1C#N. The Hall–Kier alpha value is -2.84. The summed E-state index contributed by atoms with van der Waals surface area (Å²) < 4.78 is 10.6. The van der Waals surface area contributed by atoms with Gasteiger partial charge in [-0.1, -0.05) is 30.3 Å². The van der Waals surface area contributed by atoms with Gasteiger partial charge in [-0.15, -0.1) is 0 Å². The maximum absolute atomic E-state index is 13.2. The molecule has 0 unspecified atom stereocenters. The second-order valence-corrected chi connectivity index (χ2v) is 6.04. The number of nitriles is 1. The minimum atomic E-state index is -0.619. The van der Waals surface area contributed by atoms with E-state index in [1.54, 1.807) is 18.2 Å². The van der Waals surface area contributed by atoms with E-state index >= 15 is 0 Å². The van der Waals surface area contributed by atoms with Crippen molar-refractivity contribution in [1.29, 1.82) is 5.26 Å². The highest BCUT2D eigenvalue weighted by Crippen LogP contribution is 2.36. The quantitative estimate of drug-likeness (QED) is 0.930. The fourth-order valence-corrected chi connectivity index (χ4v) is 3.25. The Morgan fingerprint density at radius 3 is 2.56 bits per heavy atom. The number of hydrogen-bond acceptors (Lipinski definition) is 4. The molecule has 2 aromatic carbocycles. The summed E-state index contributed by atoms with van der Waals surface area (Å²) in [5.74, 6) is 0.417. The summed E-state index contributed by atoms with van der Waals surface area (Å²) >= 11 is 0. The molecule has 0 aliphatic carbocycles. The minimum absolute atomic E-state index is 0.0731. The molecule has 0 aromatic heterocycles. The molecular weight excluding hydrogens is 316 g/mol. The van der Waals surface area contributed by atoms with Crippen LogP contribution in [0.15, 0.2) is 48.5 Å². The van der Waals surface area contributed by atoms with Crippen LogP contribution in [0.1, 0.15) is 24.0 Å². The van der Waals surface area contributed by atoms with Crippen LogP contribution in [0.5, 0.6) is 5.75 Å². The van der Waals surface area contributed by atoms with Gasteiger partial charge in [0.1, 0.15) is 11.8 Å². The third kappa shape index (κ3) is 3.35. The van der Waals surface area contributed by atoms with E-state index in [1.165, 1.54) is 7.11 Å². The van der Waals surface area contributed by atoms with Crippen LogP contribution < -0.4 is 10.1 Å². The Labute approximate surface area is 147 Å². The molecule has 2 aromatic rings. The number of nitrogens with zero attached hydrogens (tertiary/aromatic N) is 1. The number of nitrogens with one attached hydrogen (secondary N) is 1. The second kappa shape index (κ2) is 7.37. The fourth-order valence-electron chi connectivity index (χ4n) is 3.25. The van der Waals surface area contributed by atoms with Gasteiger partial charge in [0.25, 0.3) is 0 Å². The Kier molecular flexibility index (Phi) is 5.01. The molecule has 1 amide bonds. The summed E-state index contributed by atoms with van der Waals surface area (Å²) in [6, 6.07) is 17.0. The molecule has 1 N–H and O–H groups in total. The summed E-state index contributed by atoms with van der Waals surface area (Å²) in [6.07, 6.45) is 1.26. The Morgan fingerprint density at radius 2 is 1.92 bits per heavy atom. The molecule has 1 aliphatic rings. The van der Waals surface area contributed by atoms with Crippen LogP contribution in [-0.2, 0) is 14.9 Å². The average molecular weight is 336 g/mol. The molecule has 5 heteroatoms. The number of anilines is 1. The van der Waals surface area contributed by atoms with E-state index in [9.17, 15) is 10.1 Å². The van der Waals surface area contributed by atoms with Crippen molar-refractivity contribution in [3.8, 4) is 11.8 Å². The number of methoxy groups -OCH3 is 1. The summed E-state index contributed by atoms with van der Waals surface area (Å²) in [5.41, 5.74) is 1.35. The van der Waals surface area contributed by atoms with E-state index in [0.29, 0.717) is 43.1 Å². The normalized spacial score (nSPS) is 15.8. The zero-order valence-corrected chi connectivity index (χ0v) is 14.1. The number of ether oxygens (including phenoxy) is 2. The highest BCUT2D eigenvalue weighted by atomic mass is 16.5. The topological polar surface area (TPSA) is 71.3 Å². The second-order valence-electron chi connectivity index (χ2n) is 6.04. The maximum atomic E-state index is 13.2. The molecule has 1 saturated heterocycles. The van der Waals surface area contributed by atoms with Gasteiger partial charge in [-0.25, -0.2) is 0 Å². The molecule has 0 saturated carbocycles. The van der Waals surface area contributed by atoms with Gasteiger partial charge < -0.3 is 14.8 Å². The van der Waals surface area contributed by atoms with Crippen LogP contribution >= 0.6 is 0 Å². The van der Waals surface area contributed by atoms with E-state index in [0.717, 1.165) is 5.56 Å². The van der Waals surface area contributed by atoms with Gasteiger partial charge in [0.2, 0.25) is 5.91 Å². The third-order valence-corrected chi connectivity index (χ3v) is 4.69. The number of benzene rings is 2. The first kappa shape index (κ1) is 17.0. The lowest BCUT2D eigenvalue weighted by molar-refractivity contribution is -0.125. The number of rotatable bonds is 4. The van der Waals surface area contributed by atoms with Crippen molar-refractivity contribution in [2.45, 2.75) is 18.3 Å². The van der Waals surface area contributed by atoms with Crippen molar-refractivity contribution in [3.05, 3.63) is 59.7 Å². The molecule has 1 heterocycles. The lowest BCUT2D eigenvalue weighted by Crippen LogP contribution is -2.44. The highest BCUT2D eigenvalue weighted by Gasteiger charge is 2.41. The fraction of sp³-hybridized carbons (Fsp3) is 0.300. The first-order valence-corrected chi connectivity index (χ1v) is 8.22. The lowest BCUT2D eigenvalue weighted by atomic mass is 9.73. The van der Waals surface area contributed by atoms with Gasteiger partial charge in [-0.05, 0) is 36.6 Å². The van der Waals surface area contributed by atoms with Crippen LogP contribution in [0.3, 0.4) is 0 Å². The molecule has 0 spiro atoms. The molecule has 0 atom stereocenters. The largest absolute Gasteiger partial charge is 0.495 e. The van der Waals surface area contributed by atoms with Gasteiger partial charge in [0.15, 0.2) is 0 Å². The summed E-state index contributed by atoms with van der Waals surface area (Å²) in [4.78, 5) is 13.2. The van der Waals surface area contributed by atoms with Crippen molar-refractivity contribution >= 4 is 11.6 Å². The van der Waals surface area contributed by atoms with Crippen molar-refractivity contribution in [1.82, 2.24) is 0 Å². The standard InChI is InChI=1S/C20H20N2O3/c1-24-18-8-7-17(13-15(18)14-21)22-19(23)20(9-11-25-12-10-20)16-5-3-2-4-6-16/h2-8,13H,9-12H2,1H3,(H,22,23). The Bertz CT molecular complexity index is 790. The monoisotopic (exact) mass is 336 g/mol. The molecule has 128 valence electrons. The molecule has 5 nitrogen and oxygen atoms in total. The van der Waals surface area contributed by atoms with Crippen LogP contribution in [0, 0.1) is 11.3 Å². The summed E-state index contributed by atoms with van der Waals surface area (Å²) in [5, 5.41) is 12.2. The molecular formula is C20H20N2O3. The Balaban J connectivity index is 1.91. The highest BCUT2D eigenvalue weighted by molar-refractivity contribution is 5.99. The third-order valence-electron chi connectivity index (χ3n) is 4.69. The Morgan fingerprint density at radius 1 is 1.20 bits per heavy atom. The zero-order chi connectivity index (χ0) is 17.7. The number of amides is 1. The summed E-state index contributed by atoms with van der Waals surface area (Å²) in [7, 11) is 1.51.